The highest BCUT2D eigenvalue weighted by Gasteiger charge is 2.00. The SMILES string of the molecule is Cc1nc2ccc(CCCS)cc2s1. The van der Waals surface area contributed by atoms with Gasteiger partial charge in [0.25, 0.3) is 0 Å². The van der Waals surface area contributed by atoms with Crippen molar-refractivity contribution in [2.45, 2.75) is 19.8 Å². The Hall–Kier alpha value is -0.540. The number of hydrogen-bond acceptors (Lipinski definition) is 3. The third kappa shape index (κ3) is 2.10. The Bertz CT molecular complexity index is 434. The summed E-state index contributed by atoms with van der Waals surface area (Å²) in [6.45, 7) is 2.05. The second-order valence-electron chi connectivity index (χ2n) is 3.36. The highest BCUT2D eigenvalue weighted by atomic mass is 32.1. The van der Waals surface area contributed by atoms with E-state index < -0.39 is 0 Å². The van der Waals surface area contributed by atoms with Crippen LogP contribution in [0.15, 0.2) is 18.2 Å². The summed E-state index contributed by atoms with van der Waals surface area (Å²) in [4.78, 5) is 4.44. The van der Waals surface area contributed by atoms with Crippen molar-refractivity contribution in [1.82, 2.24) is 4.98 Å². The van der Waals surface area contributed by atoms with Crippen molar-refractivity contribution in [2.24, 2.45) is 0 Å². The molecule has 0 N–H and O–H groups in total. The first-order valence-electron chi connectivity index (χ1n) is 4.76. The van der Waals surface area contributed by atoms with Gasteiger partial charge in [0.05, 0.1) is 15.2 Å². The molecule has 0 saturated carbocycles. The molecule has 0 saturated heterocycles. The summed E-state index contributed by atoms with van der Waals surface area (Å²) >= 11 is 5.99. The van der Waals surface area contributed by atoms with E-state index in [1.54, 1.807) is 11.3 Å². The molecular formula is C11H13NS2. The summed E-state index contributed by atoms with van der Waals surface area (Å²) in [5, 5.41) is 1.14. The third-order valence-electron chi connectivity index (χ3n) is 2.18. The molecule has 2 rings (SSSR count). The van der Waals surface area contributed by atoms with Gasteiger partial charge in [0, 0.05) is 0 Å². The monoisotopic (exact) mass is 223 g/mol. The minimum Gasteiger partial charge on any atom is -0.242 e. The van der Waals surface area contributed by atoms with Gasteiger partial charge in [-0.25, -0.2) is 4.98 Å². The second kappa shape index (κ2) is 4.32. The van der Waals surface area contributed by atoms with Crippen LogP contribution in [0.1, 0.15) is 17.0 Å². The topological polar surface area (TPSA) is 12.9 Å². The summed E-state index contributed by atoms with van der Waals surface area (Å²) in [7, 11) is 0. The smallest absolute Gasteiger partial charge is 0.0907 e. The number of thiol groups is 1. The molecule has 0 bridgehead atoms. The highest BCUT2D eigenvalue weighted by Crippen LogP contribution is 2.23. The van der Waals surface area contributed by atoms with Crippen LogP contribution >= 0.6 is 24.0 Å². The maximum Gasteiger partial charge on any atom is 0.0907 e. The van der Waals surface area contributed by atoms with Gasteiger partial charge in [-0.3, -0.25) is 0 Å². The van der Waals surface area contributed by atoms with Gasteiger partial charge in [-0.2, -0.15) is 12.6 Å². The van der Waals surface area contributed by atoms with Gasteiger partial charge in [-0.15, -0.1) is 11.3 Å². The van der Waals surface area contributed by atoms with E-state index in [1.165, 1.54) is 10.3 Å². The Morgan fingerprint density at radius 3 is 3.07 bits per heavy atom. The summed E-state index contributed by atoms with van der Waals surface area (Å²) in [5.41, 5.74) is 2.53. The third-order valence-corrected chi connectivity index (χ3v) is 3.43. The van der Waals surface area contributed by atoms with Crippen molar-refractivity contribution in [1.29, 1.82) is 0 Å². The molecule has 0 radical (unpaired) electrons. The van der Waals surface area contributed by atoms with E-state index >= 15 is 0 Å². The molecule has 1 heterocycles. The van der Waals surface area contributed by atoms with Gasteiger partial charge >= 0.3 is 0 Å². The lowest BCUT2D eigenvalue weighted by atomic mass is 10.1. The summed E-state index contributed by atoms with van der Waals surface area (Å²) in [6.07, 6.45) is 2.27. The molecule has 0 atom stereocenters. The number of fused-ring (bicyclic) bond motifs is 1. The Balaban J connectivity index is 2.31. The minimum absolute atomic E-state index is 0.958. The van der Waals surface area contributed by atoms with Crippen molar-refractivity contribution in [2.75, 3.05) is 5.75 Å². The van der Waals surface area contributed by atoms with Gasteiger partial charge in [0.15, 0.2) is 0 Å². The fraction of sp³-hybridized carbons (Fsp3) is 0.364. The minimum atomic E-state index is 0.958. The quantitative estimate of drug-likeness (QED) is 0.786. The van der Waals surface area contributed by atoms with Crippen molar-refractivity contribution in [3.05, 3.63) is 28.8 Å². The Morgan fingerprint density at radius 2 is 2.29 bits per heavy atom. The average Bonchev–Trinajstić information content (AvgIpc) is 2.54. The molecule has 1 aromatic carbocycles. The second-order valence-corrected chi connectivity index (χ2v) is 5.04. The van der Waals surface area contributed by atoms with Crippen LogP contribution in [-0.4, -0.2) is 10.7 Å². The zero-order chi connectivity index (χ0) is 9.97. The van der Waals surface area contributed by atoms with Gasteiger partial charge in [0.2, 0.25) is 0 Å². The highest BCUT2D eigenvalue weighted by molar-refractivity contribution is 7.80. The molecule has 2 aromatic rings. The lowest BCUT2D eigenvalue weighted by molar-refractivity contribution is 0.938. The van der Waals surface area contributed by atoms with Crippen molar-refractivity contribution >= 4 is 34.2 Å². The number of benzene rings is 1. The molecule has 0 unspecified atom stereocenters. The molecular weight excluding hydrogens is 210 g/mol. The van der Waals surface area contributed by atoms with Gasteiger partial charge in [-0.05, 0) is 43.2 Å². The Morgan fingerprint density at radius 1 is 1.43 bits per heavy atom. The molecule has 1 nitrogen and oxygen atoms in total. The molecule has 14 heavy (non-hydrogen) atoms. The van der Waals surface area contributed by atoms with Crippen molar-refractivity contribution in [3.63, 3.8) is 0 Å². The molecule has 0 aliphatic rings. The molecule has 0 amide bonds. The van der Waals surface area contributed by atoms with Crippen molar-refractivity contribution in [3.8, 4) is 0 Å². The van der Waals surface area contributed by atoms with Gasteiger partial charge in [0.1, 0.15) is 0 Å². The first-order valence-corrected chi connectivity index (χ1v) is 6.21. The van der Waals surface area contributed by atoms with E-state index in [-0.39, 0.29) is 0 Å². The number of thiazole rings is 1. The predicted molar refractivity (Wildman–Crippen MR) is 66.5 cm³/mol. The molecule has 1 aromatic heterocycles. The fourth-order valence-electron chi connectivity index (χ4n) is 1.52. The van der Waals surface area contributed by atoms with Crippen molar-refractivity contribution < 1.29 is 0 Å². The molecule has 74 valence electrons. The molecule has 0 aliphatic carbocycles. The number of aromatic nitrogens is 1. The maximum absolute atomic E-state index is 4.44. The van der Waals surface area contributed by atoms with E-state index in [0.717, 1.165) is 29.1 Å². The first-order chi connectivity index (χ1) is 6.79. The Labute approximate surface area is 93.6 Å². The Kier molecular flexibility index (Phi) is 3.08. The largest absolute Gasteiger partial charge is 0.242 e. The number of nitrogens with zero attached hydrogens (tertiary/aromatic N) is 1. The van der Waals surface area contributed by atoms with E-state index in [2.05, 4.69) is 42.7 Å². The van der Waals surface area contributed by atoms with Crippen LogP contribution < -0.4 is 0 Å². The van der Waals surface area contributed by atoms with Crippen LogP contribution in [0.25, 0.3) is 10.2 Å². The summed E-state index contributed by atoms with van der Waals surface area (Å²) in [5.74, 6) is 0.958. The zero-order valence-corrected chi connectivity index (χ0v) is 9.87. The fourth-order valence-corrected chi connectivity index (χ4v) is 2.57. The summed E-state index contributed by atoms with van der Waals surface area (Å²) < 4.78 is 1.30. The summed E-state index contributed by atoms with van der Waals surface area (Å²) in [6, 6.07) is 6.54. The van der Waals surface area contributed by atoms with E-state index in [9.17, 15) is 0 Å². The molecule has 0 fully saturated rings. The van der Waals surface area contributed by atoms with E-state index in [4.69, 9.17) is 0 Å². The molecule has 0 spiro atoms. The lowest BCUT2D eigenvalue weighted by Gasteiger charge is -1.98. The number of rotatable bonds is 3. The van der Waals surface area contributed by atoms with Crippen LogP contribution in [0.5, 0.6) is 0 Å². The van der Waals surface area contributed by atoms with E-state index in [1.807, 2.05) is 0 Å². The lowest BCUT2D eigenvalue weighted by Crippen LogP contribution is -1.85. The van der Waals surface area contributed by atoms with E-state index in [0.29, 0.717) is 0 Å². The molecule has 0 aliphatic heterocycles. The van der Waals surface area contributed by atoms with Gasteiger partial charge < -0.3 is 0 Å². The number of aryl methyl sites for hydroxylation is 2. The van der Waals surface area contributed by atoms with Gasteiger partial charge in [-0.1, -0.05) is 6.07 Å². The van der Waals surface area contributed by atoms with Crippen LogP contribution in [0, 0.1) is 6.92 Å². The molecule has 3 heteroatoms. The van der Waals surface area contributed by atoms with Crippen LogP contribution in [0.2, 0.25) is 0 Å². The normalized spacial score (nSPS) is 11.0. The standard InChI is InChI=1S/C11H13NS2/c1-8-12-10-5-4-9(3-2-6-13)7-11(10)14-8/h4-5,7,13H,2-3,6H2,1H3. The zero-order valence-electron chi connectivity index (χ0n) is 8.16. The van der Waals surface area contributed by atoms with Crippen LogP contribution in [-0.2, 0) is 6.42 Å². The predicted octanol–water partition coefficient (Wildman–Crippen LogP) is 3.47. The first kappa shape index (κ1) is 9.99. The number of hydrogen-bond donors (Lipinski definition) is 1. The van der Waals surface area contributed by atoms with Crippen LogP contribution in [0.4, 0.5) is 0 Å². The van der Waals surface area contributed by atoms with Crippen LogP contribution in [0.3, 0.4) is 0 Å². The average molecular weight is 223 g/mol. The maximum atomic E-state index is 4.44.